The Morgan fingerprint density at radius 1 is 1.03 bits per heavy atom. The summed E-state index contributed by atoms with van der Waals surface area (Å²) < 4.78 is 32.2. The minimum absolute atomic E-state index is 0.00985. The Morgan fingerprint density at radius 2 is 1.77 bits per heavy atom. The molecule has 0 atom stereocenters. The zero-order valence-corrected chi connectivity index (χ0v) is 17.4. The second-order valence-electron chi connectivity index (χ2n) is 7.24. The fraction of sp³-hybridized carbons (Fsp3) is 0.300. The van der Waals surface area contributed by atoms with Gasteiger partial charge in [0.05, 0.1) is 17.2 Å². The van der Waals surface area contributed by atoms with E-state index in [-0.39, 0.29) is 17.3 Å². The number of nitrogens with zero attached hydrogens (tertiary/aromatic N) is 5. The first kappa shape index (κ1) is 21.1. The van der Waals surface area contributed by atoms with Crippen molar-refractivity contribution in [1.29, 1.82) is 0 Å². The molecule has 0 saturated carbocycles. The van der Waals surface area contributed by atoms with Crippen LogP contribution >= 0.6 is 0 Å². The molecule has 0 unspecified atom stereocenters. The van der Waals surface area contributed by atoms with Crippen LogP contribution in [0.1, 0.15) is 11.5 Å². The van der Waals surface area contributed by atoms with Crippen molar-refractivity contribution >= 4 is 15.7 Å². The lowest BCUT2D eigenvalue weighted by Gasteiger charge is -2.33. The van der Waals surface area contributed by atoms with E-state index in [4.69, 9.17) is 4.52 Å². The average Bonchev–Trinajstić information content (AvgIpc) is 3.23. The number of rotatable bonds is 7. The molecule has 31 heavy (non-hydrogen) atoms. The molecule has 10 nitrogen and oxygen atoms in total. The van der Waals surface area contributed by atoms with Crippen LogP contribution in [-0.2, 0) is 22.3 Å². The lowest BCUT2D eigenvalue weighted by atomic mass is 10.2. The zero-order chi connectivity index (χ0) is 21.8. The largest absolute Gasteiger partial charge is 0.338 e. The van der Waals surface area contributed by atoms with E-state index < -0.39 is 14.9 Å². The number of hydrogen-bond acceptors (Lipinski definition) is 8. The molecule has 0 amide bonds. The summed E-state index contributed by atoms with van der Waals surface area (Å²) in [6, 6.07) is 15.2. The van der Waals surface area contributed by atoms with Gasteiger partial charge in [0.25, 0.3) is 5.69 Å². The standard InChI is InChI=1S/C20H21N5O5S/c26-25(27)18-8-4-7-17(13-18)20-21-19(30-22-20)14-23-9-11-24(12-10-23)31(28,29)15-16-5-2-1-3-6-16/h1-8,13H,9-12,14-15H2. The summed E-state index contributed by atoms with van der Waals surface area (Å²) >= 11 is 0. The molecule has 0 aliphatic carbocycles. The highest BCUT2D eigenvalue weighted by molar-refractivity contribution is 7.88. The highest BCUT2D eigenvalue weighted by atomic mass is 32.2. The SMILES string of the molecule is O=[N+]([O-])c1cccc(-c2noc(CN3CCN(S(=O)(=O)Cc4ccccc4)CC3)n2)c1. The predicted octanol–water partition coefficient (Wildman–Crippen LogP) is 2.29. The number of nitro groups is 1. The van der Waals surface area contributed by atoms with Gasteiger partial charge >= 0.3 is 0 Å². The van der Waals surface area contributed by atoms with Crippen LogP contribution in [0.5, 0.6) is 0 Å². The molecule has 0 bridgehead atoms. The van der Waals surface area contributed by atoms with Crippen molar-refractivity contribution in [2.24, 2.45) is 0 Å². The van der Waals surface area contributed by atoms with Crippen LogP contribution in [0.15, 0.2) is 59.1 Å². The molecular weight excluding hydrogens is 422 g/mol. The van der Waals surface area contributed by atoms with E-state index in [2.05, 4.69) is 10.1 Å². The quantitative estimate of drug-likeness (QED) is 0.403. The maximum Gasteiger partial charge on any atom is 0.270 e. The fourth-order valence-corrected chi connectivity index (χ4v) is 4.94. The molecule has 162 valence electrons. The number of hydrogen-bond donors (Lipinski definition) is 0. The Kier molecular flexibility index (Phi) is 6.07. The highest BCUT2D eigenvalue weighted by Gasteiger charge is 2.28. The van der Waals surface area contributed by atoms with Gasteiger partial charge in [-0.15, -0.1) is 0 Å². The summed E-state index contributed by atoms with van der Waals surface area (Å²) in [5.41, 5.74) is 1.22. The third-order valence-corrected chi connectivity index (χ3v) is 6.91. The van der Waals surface area contributed by atoms with Crippen LogP contribution in [0, 0.1) is 10.1 Å². The van der Waals surface area contributed by atoms with E-state index in [0.29, 0.717) is 44.2 Å². The Morgan fingerprint density at radius 3 is 2.48 bits per heavy atom. The number of sulfonamides is 1. The summed E-state index contributed by atoms with van der Waals surface area (Å²) in [4.78, 5) is 16.8. The van der Waals surface area contributed by atoms with Crippen LogP contribution in [0.2, 0.25) is 0 Å². The fourth-order valence-electron chi connectivity index (χ4n) is 3.43. The van der Waals surface area contributed by atoms with Gasteiger partial charge in [0, 0.05) is 43.9 Å². The topological polar surface area (TPSA) is 123 Å². The molecule has 1 fully saturated rings. The van der Waals surface area contributed by atoms with Crippen molar-refractivity contribution in [3.63, 3.8) is 0 Å². The number of non-ortho nitro benzene ring substituents is 1. The van der Waals surface area contributed by atoms with E-state index in [1.807, 2.05) is 35.2 Å². The molecule has 1 aliphatic heterocycles. The minimum atomic E-state index is -3.38. The molecule has 0 spiro atoms. The lowest BCUT2D eigenvalue weighted by molar-refractivity contribution is -0.384. The second kappa shape index (κ2) is 8.92. The van der Waals surface area contributed by atoms with E-state index in [1.54, 1.807) is 12.1 Å². The smallest absolute Gasteiger partial charge is 0.270 e. The van der Waals surface area contributed by atoms with E-state index in [0.717, 1.165) is 5.56 Å². The molecule has 2 heterocycles. The number of aromatic nitrogens is 2. The van der Waals surface area contributed by atoms with Crippen molar-refractivity contribution in [3.05, 3.63) is 76.2 Å². The summed E-state index contributed by atoms with van der Waals surface area (Å²) in [6.07, 6.45) is 0. The van der Waals surface area contributed by atoms with E-state index >= 15 is 0 Å². The van der Waals surface area contributed by atoms with Crippen molar-refractivity contribution in [2.45, 2.75) is 12.3 Å². The molecule has 2 aromatic carbocycles. The Labute approximate surface area is 179 Å². The highest BCUT2D eigenvalue weighted by Crippen LogP contribution is 2.22. The van der Waals surface area contributed by atoms with Gasteiger partial charge in [-0.1, -0.05) is 47.6 Å². The lowest BCUT2D eigenvalue weighted by Crippen LogP contribution is -2.48. The van der Waals surface area contributed by atoms with E-state index in [9.17, 15) is 18.5 Å². The summed E-state index contributed by atoms with van der Waals surface area (Å²) in [5.74, 6) is 0.647. The van der Waals surface area contributed by atoms with Gasteiger partial charge in [0.1, 0.15) is 0 Å². The molecule has 4 rings (SSSR count). The number of nitro benzene ring substituents is 1. The van der Waals surface area contributed by atoms with Gasteiger partial charge in [0.2, 0.25) is 21.7 Å². The minimum Gasteiger partial charge on any atom is -0.338 e. The monoisotopic (exact) mass is 443 g/mol. The summed E-state index contributed by atoms with van der Waals surface area (Å²) in [5, 5.41) is 14.9. The van der Waals surface area contributed by atoms with Crippen molar-refractivity contribution < 1.29 is 17.9 Å². The van der Waals surface area contributed by atoms with Crippen molar-refractivity contribution in [2.75, 3.05) is 26.2 Å². The first-order valence-corrected chi connectivity index (χ1v) is 11.3. The Hall–Kier alpha value is -3.15. The second-order valence-corrected chi connectivity index (χ2v) is 9.21. The maximum atomic E-state index is 12.7. The van der Waals surface area contributed by atoms with Crippen LogP contribution in [-0.4, -0.2) is 58.9 Å². The van der Waals surface area contributed by atoms with Gasteiger partial charge in [-0.25, -0.2) is 8.42 Å². The molecule has 1 aliphatic rings. The van der Waals surface area contributed by atoms with Gasteiger partial charge < -0.3 is 4.52 Å². The average molecular weight is 443 g/mol. The normalized spacial score (nSPS) is 15.7. The van der Waals surface area contributed by atoms with Crippen LogP contribution in [0.3, 0.4) is 0 Å². The Balaban J connectivity index is 1.34. The van der Waals surface area contributed by atoms with Crippen molar-refractivity contribution in [3.8, 4) is 11.4 Å². The summed E-state index contributed by atoms with van der Waals surface area (Å²) in [7, 11) is -3.38. The molecule has 0 radical (unpaired) electrons. The van der Waals surface area contributed by atoms with Gasteiger partial charge in [-0.3, -0.25) is 15.0 Å². The Bertz CT molecular complexity index is 1160. The third kappa shape index (κ3) is 5.13. The number of piperazine rings is 1. The zero-order valence-electron chi connectivity index (χ0n) is 16.6. The predicted molar refractivity (Wildman–Crippen MR) is 112 cm³/mol. The van der Waals surface area contributed by atoms with Crippen LogP contribution < -0.4 is 0 Å². The van der Waals surface area contributed by atoms with Gasteiger partial charge in [0.15, 0.2) is 0 Å². The molecule has 3 aromatic rings. The van der Waals surface area contributed by atoms with Gasteiger partial charge in [-0.2, -0.15) is 9.29 Å². The van der Waals surface area contributed by atoms with Crippen LogP contribution in [0.25, 0.3) is 11.4 Å². The molecular formula is C20H21N5O5S. The number of benzene rings is 2. The first-order valence-electron chi connectivity index (χ1n) is 9.72. The van der Waals surface area contributed by atoms with E-state index in [1.165, 1.54) is 16.4 Å². The van der Waals surface area contributed by atoms with Crippen molar-refractivity contribution in [1.82, 2.24) is 19.3 Å². The maximum absolute atomic E-state index is 12.7. The van der Waals surface area contributed by atoms with Crippen LogP contribution in [0.4, 0.5) is 5.69 Å². The third-order valence-electron chi connectivity index (χ3n) is 5.06. The van der Waals surface area contributed by atoms with Gasteiger partial charge in [-0.05, 0) is 5.56 Å². The molecule has 11 heteroatoms. The molecule has 0 N–H and O–H groups in total. The first-order chi connectivity index (χ1) is 14.9. The summed E-state index contributed by atoms with van der Waals surface area (Å²) in [6.45, 7) is 2.25. The molecule has 1 aromatic heterocycles. The molecule has 1 saturated heterocycles.